The highest BCUT2D eigenvalue weighted by atomic mass is 32.2. The van der Waals surface area contributed by atoms with Crippen LogP contribution in [0.4, 0.5) is 4.79 Å². The summed E-state index contributed by atoms with van der Waals surface area (Å²) < 4.78 is 34.7. The van der Waals surface area contributed by atoms with Gasteiger partial charge in [-0.25, -0.2) is 17.9 Å². The number of hydrogen-bond donors (Lipinski definition) is 4. The van der Waals surface area contributed by atoms with Crippen molar-refractivity contribution in [1.82, 2.24) is 25.6 Å². The molecule has 1 saturated heterocycles. The van der Waals surface area contributed by atoms with Crippen LogP contribution in [-0.4, -0.2) is 98.3 Å². The van der Waals surface area contributed by atoms with Crippen LogP contribution in [0.2, 0.25) is 0 Å². The lowest BCUT2D eigenvalue weighted by atomic mass is 9.83. The van der Waals surface area contributed by atoms with E-state index in [-0.39, 0.29) is 54.9 Å². The number of hydrogen-bond acceptors (Lipinski definition) is 10. The van der Waals surface area contributed by atoms with E-state index in [1.807, 2.05) is 13.8 Å². The van der Waals surface area contributed by atoms with Crippen LogP contribution in [0.1, 0.15) is 97.0 Å². The van der Waals surface area contributed by atoms with Gasteiger partial charge in [0.25, 0.3) is 5.91 Å². The van der Waals surface area contributed by atoms with Gasteiger partial charge in [-0.05, 0) is 62.1 Å². The Hall–Kier alpha value is -4.96. The van der Waals surface area contributed by atoms with Crippen LogP contribution in [-0.2, 0) is 43.5 Å². The summed E-state index contributed by atoms with van der Waals surface area (Å²) in [6.45, 7) is 6.26. The van der Waals surface area contributed by atoms with E-state index in [1.54, 1.807) is 55.5 Å². The summed E-state index contributed by atoms with van der Waals surface area (Å²) in [5, 5.41) is 7.69. The number of likely N-dealkylation sites (tertiary alicyclic amines) is 1. The van der Waals surface area contributed by atoms with Crippen LogP contribution >= 0.6 is 0 Å². The van der Waals surface area contributed by atoms with Gasteiger partial charge in [0.1, 0.15) is 17.9 Å². The van der Waals surface area contributed by atoms with Gasteiger partial charge in [0, 0.05) is 24.9 Å². The summed E-state index contributed by atoms with van der Waals surface area (Å²) in [7, 11) is -4.08. The second-order valence-electron chi connectivity index (χ2n) is 15.6. The maximum atomic E-state index is 14.5. The van der Waals surface area contributed by atoms with Gasteiger partial charge < -0.3 is 25.6 Å². The molecular weight excluding hydrogens is 767 g/mol. The van der Waals surface area contributed by atoms with Crippen LogP contribution in [0.25, 0.3) is 0 Å². The Labute approximate surface area is 340 Å². The third-order valence-electron chi connectivity index (χ3n) is 10.5. The number of nitrogens with zero attached hydrogens (tertiary/aromatic N) is 1. The van der Waals surface area contributed by atoms with Crippen molar-refractivity contribution >= 4 is 51.2 Å². The Morgan fingerprint density at radius 1 is 0.879 bits per heavy atom. The molecular formula is C42H57N5O10S. The van der Waals surface area contributed by atoms with Crippen LogP contribution in [0.15, 0.2) is 65.6 Å². The molecule has 2 fully saturated rings. The zero-order valence-electron chi connectivity index (χ0n) is 33.7. The minimum Gasteiger partial charge on any atom is -0.449 e. The number of amides is 4. The lowest BCUT2D eigenvalue weighted by Gasteiger charge is -2.34. The molecule has 1 heterocycles. The van der Waals surface area contributed by atoms with Gasteiger partial charge >= 0.3 is 6.09 Å². The summed E-state index contributed by atoms with van der Waals surface area (Å²) in [5.41, 5.74) is 0.651. The molecule has 316 valence electrons. The van der Waals surface area contributed by atoms with E-state index in [0.717, 1.165) is 19.3 Å². The lowest BCUT2D eigenvalue weighted by Crippen LogP contribution is -2.58. The number of benzene rings is 2. The fraction of sp³-hybridized carbons (Fsp3) is 0.548. The molecule has 4 rings (SSSR count). The molecule has 2 aliphatic rings. The number of carbonyl (C=O) groups is 7. The zero-order valence-corrected chi connectivity index (χ0v) is 34.6. The second kappa shape index (κ2) is 21.7. The normalized spacial score (nSPS) is 18.7. The van der Waals surface area contributed by atoms with Crippen LogP contribution < -0.4 is 20.7 Å². The van der Waals surface area contributed by atoms with Gasteiger partial charge in [0.15, 0.2) is 5.78 Å². The van der Waals surface area contributed by atoms with Gasteiger partial charge in [-0.1, -0.05) is 95.0 Å². The fourth-order valence-corrected chi connectivity index (χ4v) is 8.73. The van der Waals surface area contributed by atoms with Crippen molar-refractivity contribution < 1.29 is 46.7 Å². The summed E-state index contributed by atoms with van der Waals surface area (Å²) >= 11 is 0. The van der Waals surface area contributed by atoms with E-state index in [1.165, 1.54) is 24.0 Å². The van der Waals surface area contributed by atoms with Crippen molar-refractivity contribution in [3.8, 4) is 0 Å². The maximum absolute atomic E-state index is 14.5. The number of Topliss-reactive ketones (excluding diaryl/α,β-unsaturated/α-hetero) is 3. The molecule has 0 aromatic heterocycles. The van der Waals surface area contributed by atoms with Gasteiger partial charge in [0.2, 0.25) is 27.6 Å². The highest BCUT2D eigenvalue weighted by Gasteiger charge is 2.46. The van der Waals surface area contributed by atoms with E-state index in [4.69, 9.17) is 4.74 Å². The average Bonchev–Trinajstić information content (AvgIpc) is 3.63. The zero-order chi connectivity index (χ0) is 42.4. The van der Waals surface area contributed by atoms with Gasteiger partial charge in [-0.2, -0.15) is 0 Å². The molecule has 16 heteroatoms. The molecule has 58 heavy (non-hydrogen) atoms. The predicted octanol–water partition coefficient (Wildman–Crippen LogP) is 3.57. The Bertz CT molecular complexity index is 1870. The highest BCUT2D eigenvalue weighted by Crippen LogP contribution is 2.30. The first-order valence-electron chi connectivity index (χ1n) is 20.1. The average molecular weight is 824 g/mol. The van der Waals surface area contributed by atoms with Gasteiger partial charge in [-0.15, -0.1) is 0 Å². The van der Waals surface area contributed by atoms with E-state index in [2.05, 4.69) is 20.7 Å². The quantitative estimate of drug-likeness (QED) is 0.143. The lowest BCUT2D eigenvalue weighted by molar-refractivity contribution is -0.143. The molecule has 15 nitrogen and oxygen atoms in total. The number of alkyl carbamates (subject to hydrolysis) is 1. The van der Waals surface area contributed by atoms with Crippen LogP contribution in [0.5, 0.6) is 0 Å². The van der Waals surface area contributed by atoms with E-state index in [0.29, 0.717) is 24.8 Å². The van der Waals surface area contributed by atoms with Crippen molar-refractivity contribution in [2.45, 2.75) is 120 Å². The number of ether oxygens (including phenoxy) is 1. The summed E-state index contributed by atoms with van der Waals surface area (Å²) in [5.74, 6) is -5.15. The molecule has 1 unspecified atom stereocenters. The Morgan fingerprint density at radius 3 is 2.12 bits per heavy atom. The largest absolute Gasteiger partial charge is 0.449 e. The molecule has 4 N–H and O–H groups in total. The first-order chi connectivity index (χ1) is 27.6. The minimum atomic E-state index is -4.08. The van der Waals surface area contributed by atoms with E-state index >= 15 is 0 Å². The number of rotatable bonds is 20. The number of nitrogens with one attached hydrogen (secondary N) is 4. The summed E-state index contributed by atoms with van der Waals surface area (Å²) in [4.78, 5) is 94.7. The van der Waals surface area contributed by atoms with E-state index in [9.17, 15) is 42.0 Å². The maximum Gasteiger partial charge on any atom is 0.407 e. The van der Waals surface area contributed by atoms with Gasteiger partial charge in [0.05, 0.1) is 24.1 Å². The molecule has 1 aliphatic heterocycles. The van der Waals surface area contributed by atoms with E-state index < -0.39 is 82.0 Å². The number of sulfonamides is 1. The monoisotopic (exact) mass is 823 g/mol. The van der Waals surface area contributed by atoms with Crippen molar-refractivity contribution in [2.24, 2.45) is 11.8 Å². The number of ketones is 3. The second-order valence-corrected chi connectivity index (χ2v) is 17.3. The fourth-order valence-electron chi connectivity index (χ4n) is 7.47. The standard InChI is InChI=1S/C42H57N5O10S/c1-5-15-35(38(50)40(52)43-24-32(49)23-34(28(4)48)29-16-9-6-10-17-29)44-39(51)36-22-31(46-58(55,56)33-20-13-8-14-21-33)25-47(36)41(53)37(30-18-11-7-12-19-30)45-42(54)57-26-27(2)3/h6,8-10,13-14,16-17,20-21,27,30-31,34-37,46H,5,7,11-12,15,18-19,22-26H2,1-4H3,(H,43,52)(H,44,51)(H,45,54)/t31-,34-,35+,36?,37+/m1/s1. The van der Waals surface area contributed by atoms with Crippen molar-refractivity contribution in [3.63, 3.8) is 0 Å². The van der Waals surface area contributed by atoms with Crippen LogP contribution in [0, 0.1) is 11.8 Å². The topological polar surface area (TPSA) is 214 Å². The summed E-state index contributed by atoms with van der Waals surface area (Å²) in [6, 6.07) is 11.8. The smallest absolute Gasteiger partial charge is 0.407 e. The Balaban J connectivity index is 1.53. The number of carbonyl (C=O) groups excluding carboxylic acids is 7. The Morgan fingerprint density at radius 2 is 1.52 bits per heavy atom. The minimum absolute atomic E-state index is 0.00888. The molecule has 2 aromatic rings. The third kappa shape index (κ3) is 13.0. The SMILES string of the molecule is CCC[C@H](NC(=O)C1C[C@@H](NS(=O)(=O)c2ccccc2)CN1C(=O)[C@@H](NC(=O)OCC(C)C)C1CCCCC1)C(=O)C(=O)NCC(=O)C[C@H](C(C)=O)c1ccccc1. The first kappa shape index (κ1) is 45.7. The van der Waals surface area contributed by atoms with Crippen molar-refractivity contribution in [2.75, 3.05) is 19.7 Å². The van der Waals surface area contributed by atoms with Gasteiger partial charge in [-0.3, -0.25) is 28.8 Å². The molecule has 5 atom stereocenters. The molecule has 2 aromatic carbocycles. The van der Waals surface area contributed by atoms with Crippen LogP contribution in [0.3, 0.4) is 0 Å². The first-order valence-corrected chi connectivity index (χ1v) is 21.6. The van der Waals surface area contributed by atoms with Crippen molar-refractivity contribution in [1.29, 1.82) is 0 Å². The summed E-state index contributed by atoms with van der Waals surface area (Å²) in [6.07, 6.45) is 3.21. The molecule has 0 spiro atoms. The molecule has 0 radical (unpaired) electrons. The van der Waals surface area contributed by atoms with Crippen molar-refractivity contribution in [3.05, 3.63) is 66.2 Å². The molecule has 0 bridgehead atoms. The molecule has 1 aliphatic carbocycles. The Kier molecular flexibility index (Phi) is 17.1. The third-order valence-corrected chi connectivity index (χ3v) is 12.0. The highest BCUT2D eigenvalue weighted by molar-refractivity contribution is 7.89. The predicted molar refractivity (Wildman–Crippen MR) is 215 cm³/mol. The molecule has 4 amide bonds. The molecule has 1 saturated carbocycles.